The first-order chi connectivity index (χ1) is 11.7. The van der Waals surface area contributed by atoms with E-state index in [-0.39, 0.29) is 6.04 Å². The Hall–Kier alpha value is -2.45. The van der Waals surface area contributed by atoms with Gasteiger partial charge in [0.15, 0.2) is 6.30 Å². The maximum Gasteiger partial charge on any atom is 0.179 e. The van der Waals surface area contributed by atoms with Crippen LogP contribution in [0.4, 0.5) is 4.39 Å². The molecule has 1 aliphatic rings. The highest BCUT2D eigenvalue weighted by molar-refractivity contribution is 5.55. The first-order valence-corrected chi connectivity index (χ1v) is 8.23. The van der Waals surface area contributed by atoms with Crippen molar-refractivity contribution in [2.75, 3.05) is 6.54 Å². The Bertz CT molecular complexity index is 756. The summed E-state index contributed by atoms with van der Waals surface area (Å²) in [6.07, 6.45) is 6.15. The van der Waals surface area contributed by atoms with Crippen LogP contribution in [0.1, 0.15) is 44.1 Å². The lowest BCUT2D eigenvalue weighted by atomic mass is 10.1. The Morgan fingerprint density at radius 2 is 2.17 bits per heavy atom. The summed E-state index contributed by atoms with van der Waals surface area (Å²) in [5.41, 5.74) is 3.56. The second-order valence-electron chi connectivity index (χ2n) is 6.05. The van der Waals surface area contributed by atoms with Crippen LogP contribution in [0.15, 0.2) is 48.6 Å². The number of hydrogen-bond acceptors (Lipinski definition) is 3. The molecule has 0 radical (unpaired) electrons. The van der Waals surface area contributed by atoms with E-state index in [2.05, 4.69) is 18.0 Å². The van der Waals surface area contributed by atoms with Crippen molar-refractivity contribution < 1.29 is 4.39 Å². The van der Waals surface area contributed by atoms with E-state index in [9.17, 15) is 0 Å². The average molecular weight is 324 g/mol. The third kappa shape index (κ3) is 2.98. The highest BCUT2D eigenvalue weighted by Gasteiger charge is 2.32. The number of allylic oxidation sites excluding steroid dienone is 1. The molecule has 1 aliphatic carbocycles. The molecule has 3 rings (SSSR count). The molecule has 0 fully saturated rings. The number of imidazole rings is 1. The van der Waals surface area contributed by atoms with Gasteiger partial charge in [0.2, 0.25) is 0 Å². The van der Waals surface area contributed by atoms with Crippen molar-refractivity contribution in [1.82, 2.24) is 14.5 Å². The van der Waals surface area contributed by atoms with E-state index in [0.29, 0.717) is 17.7 Å². The maximum atomic E-state index is 15.1. The molecular formula is C19H21FN4. The molecule has 4 nitrogen and oxygen atoms in total. The third-order valence-electron chi connectivity index (χ3n) is 4.80. The topological polar surface area (TPSA) is 44.9 Å². The van der Waals surface area contributed by atoms with Crippen LogP contribution in [-0.2, 0) is 0 Å². The summed E-state index contributed by atoms with van der Waals surface area (Å²) in [5, 5.41) is 8.88. The van der Waals surface area contributed by atoms with Crippen molar-refractivity contribution in [3.63, 3.8) is 0 Å². The first-order valence-electron chi connectivity index (χ1n) is 8.23. The van der Waals surface area contributed by atoms with Crippen molar-refractivity contribution in [1.29, 1.82) is 5.26 Å². The Kier molecular flexibility index (Phi) is 4.77. The van der Waals surface area contributed by atoms with Gasteiger partial charge >= 0.3 is 0 Å². The van der Waals surface area contributed by atoms with E-state index in [4.69, 9.17) is 5.26 Å². The fourth-order valence-electron chi connectivity index (χ4n) is 3.49. The van der Waals surface area contributed by atoms with Crippen LogP contribution in [0.5, 0.6) is 0 Å². The van der Waals surface area contributed by atoms with Gasteiger partial charge in [-0.1, -0.05) is 19.1 Å². The minimum absolute atomic E-state index is 0.0815. The average Bonchev–Trinajstić information content (AvgIpc) is 3.26. The van der Waals surface area contributed by atoms with E-state index in [1.165, 1.54) is 11.3 Å². The molecule has 0 spiro atoms. The van der Waals surface area contributed by atoms with E-state index in [1.54, 1.807) is 36.8 Å². The largest absolute Gasteiger partial charge is 0.310 e. The van der Waals surface area contributed by atoms with Crippen LogP contribution in [0, 0.1) is 11.3 Å². The molecule has 2 unspecified atom stereocenters. The van der Waals surface area contributed by atoms with Gasteiger partial charge in [-0.25, -0.2) is 9.37 Å². The Balaban J connectivity index is 1.84. The molecular weight excluding hydrogens is 303 g/mol. The number of halogens is 1. The minimum Gasteiger partial charge on any atom is -0.310 e. The van der Waals surface area contributed by atoms with E-state index in [0.717, 1.165) is 12.8 Å². The van der Waals surface area contributed by atoms with E-state index >= 15 is 4.39 Å². The number of likely N-dealkylation sites (N-methyl/N-ethyl adjacent to an activating group) is 1. The summed E-state index contributed by atoms with van der Waals surface area (Å²) in [5.74, 6) is 0. The standard InChI is InChI=1S/C19H21FN4/c1-3-24(19(20)16-6-4-15(12-21)5-7-16)18-9-8-17(14(18)2)23-11-10-22-13-23/h4-7,10-11,13,18-19H,3,8-9H2,1-2H3. The van der Waals surface area contributed by atoms with Gasteiger partial charge in [0.1, 0.15) is 0 Å². The van der Waals surface area contributed by atoms with Crippen molar-refractivity contribution in [2.24, 2.45) is 0 Å². The molecule has 0 saturated heterocycles. The molecule has 0 aliphatic heterocycles. The lowest BCUT2D eigenvalue weighted by molar-refractivity contribution is 0.0583. The van der Waals surface area contributed by atoms with Crippen molar-refractivity contribution in [3.8, 4) is 6.07 Å². The lowest BCUT2D eigenvalue weighted by Crippen LogP contribution is -2.36. The molecule has 24 heavy (non-hydrogen) atoms. The number of aromatic nitrogens is 2. The number of benzene rings is 1. The zero-order valence-corrected chi connectivity index (χ0v) is 14.0. The monoisotopic (exact) mass is 324 g/mol. The van der Waals surface area contributed by atoms with Crippen molar-refractivity contribution >= 4 is 5.70 Å². The molecule has 2 atom stereocenters. The summed E-state index contributed by atoms with van der Waals surface area (Å²) in [6, 6.07) is 8.90. The molecule has 0 bridgehead atoms. The van der Waals surface area contributed by atoms with Crippen molar-refractivity contribution in [3.05, 3.63) is 59.7 Å². The maximum absolute atomic E-state index is 15.1. The predicted octanol–water partition coefficient (Wildman–Crippen LogP) is 4.14. The molecule has 0 N–H and O–H groups in total. The predicted molar refractivity (Wildman–Crippen MR) is 91.5 cm³/mol. The number of nitriles is 1. The summed E-state index contributed by atoms with van der Waals surface area (Å²) >= 11 is 0. The van der Waals surface area contributed by atoms with E-state index in [1.807, 2.05) is 22.6 Å². The minimum atomic E-state index is -1.18. The molecule has 2 aromatic rings. The van der Waals surface area contributed by atoms with Crippen LogP contribution in [-0.4, -0.2) is 27.0 Å². The number of alkyl halides is 1. The van der Waals surface area contributed by atoms with Gasteiger partial charge in [-0.15, -0.1) is 0 Å². The molecule has 5 heteroatoms. The molecule has 124 valence electrons. The SMILES string of the molecule is CCN(C1CCC(n2ccnc2)=C1C)C(F)c1ccc(C#N)cc1. The lowest BCUT2D eigenvalue weighted by Gasteiger charge is -2.32. The molecule has 1 aromatic carbocycles. The quantitative estimate of drug-likeness (QED) is 0.777. The van der Waals surface area contributed by atoms with E-state index < -0.39 is 6.30 Å². The summed E-state index contributed by atoms with van der Waals surface area (Å²) in [4.78, 5) is 5.99. The highest BCUT2D eigenvalue weighted by Crippen LogP contribution is 2.37. The van der Waals surface area contributed by atoms with Gasteiger partial charge in [-0.2, -0.15) is 5.26 Å². The van der Waals surface area contributed by atoms with Crippen LogP contribution in [0.25, 0.3) is 5.70 Å². The van der Waals surface area contributed by atoms with Gasteiger partial charge in [0, 0.05) is 29.7 Å². The number of nitrogens with zero attached hydrogens (tertiary/aromatic N) is 4. The zero-order chi connectivity index (χ0) is 17.1. The number of hydrogen-bond donors (Lipinski definition) is 0. The Morgan fingerprint density at radius 1 is 1.42 bits per heavy atom. The van der Waals surface area contributed by atoms with Gasteiger partial charge in [-0.05, 0) is 44.0 Å². The van der Waals surface area contributed by atoms with Crippen LogP contribution in [0.2, 0.25) is 0 Å². The fraction of sp³-hybridized carbons (Fsp3) is 0.368. The summed E-state index contributed by atoms with van der Waals surface area (Å²) < 4.78 is 17.2. The molecule has 0 amide bonds. The summed E-state index contributed by atoms with van der Waals surface area (Å²) in [7, 11) is 0. The normalized spacial score (nSPS) is 18.9. The van der Waals surface area contributed by atoms with Gasteiger partial charge in [0.25, 0.3) is 0 Å². The Labute approximate surface area is 141 Å². The van der Waals surface area contributed by atoms with Crippen LogP contribution < -0.4 is 0 Å². The fourth-order valence-corrected chi connectivity index (χ4v) is 3.49. The number of rotatable bonds is 5. The third-order valence-corrected chi connectivity index (χ3v) is 4.80. The Morgan fingerprint density at radius 3 is 2.75 bits per heavy atom. The highest BCUT2D eigenvalue weighted by atomic mass is 19.1. The van der Waals surface area contributed by atoms with Gasteiger partial charge in [0.05, 0.1) is 18.0 Å². The first kappa shape index (κ1) is 16.4. The molecule has 1 heterocycles. The summed E-state index contributed by atoms with van der Waals surface area (Å²) in [6.45, 7) is 4.69. The second kappa shape index (κ2) is 6.98. The zero-order valence-electron chi connectivity index (χ0n) is 14.0. The van der Waals surface area contributed by atoms with Gasteiger partial charge < -0.3 is 4.57 Å². The van der Waals surface area contributed by atoms with Crippen LogP contribution in [0.3, 0.4) is 0 Å². The smallest absolute Gasteiger partial charge is 0.179 e. The second-order valence-corrected chi connectivity index (χ2v) is 6.05. The van der Waals surface area contributed by atoms with Crippen LogP contribution >= 0.6 is 0 Å². The molecule has 0 saturated carbocycles. The molecule has 1 aromatic heterocycles. The van der Waals surface area contributed by atoms with Gasteiger partial charge in [-0.3, -0.25) is 4.90 Å². The van der Waals surface area contributed by atoms with Crippen molar-refractivity contribution in [2.45, 2.75) is 39.0 Å².